The Balaban J connectivity index is 4.22. The van der Waals surface area contributed by atoms with Crippen LogP contribution in [0.5, 0.6) is 0 Å². The minimum absolute atomic E-state index is 0.0176. The molecule has 4 heteroatoms. The number of rotatable bonds is 6. The zero-order valence-electron chi connectivity index (χ0n) is 7.64. The third-order valence-corrected chi connectivity index (χ3v) is 1.39. The first-order chi connectivity index (χ1) is 6.13. The van der Waals surface area contributed by atoms with Gasteiger partial charge in [0.05, 0.1) is 1.37 Å². The van der Waals surface area contributed by atoms with Crippen LogP contribution < -0.4 is 5.73 Å². The molecule has 68 valence electrons. The van der Waals surface area contributed by atoms with Crippen LogP contribution in [0.25, 0.3) is 0 Å². The molecule has 3 N–H and O–H groups in total. The van der Waals surface area contributed by atoms with Crippen LogP contribution in [-0.4, -0.2) is 24.3 Å². The number of hydrogen-bond acceptors (Lipinski definition) is 4. The quantitative estimate of drug-likeness (QED) is 0.429. The maximum absolute atomic E-state index is 9.88. The van der Waals surface area contributed by atoms with Gasteiger partial charge in [-0.15, -0.1) is 6.55 Å². The summed E-state index contributed by atoms with van der Waals surface area (Å²) in [4.78, 5) is 9.88. The maximum Gasteiger partial charge on any atom is 0.293 e. The van der Waals surface area contributed by atoms with Crippen molar-refractivity contribution in [2.24, 2.45) is 11.7 Å². The van der Waals surface area contributed by atoms with E-state index < -0.39 is 12.0 Å². The molecule has 0 radical (unpaired) electrons. The van der Waals surface area contributed by atoms with Gasteiger partial charge in [0.15, 0.2) is 0 Å². The van der Waals surface area contributed by atoms with Crippen molar-refractivity contribution in [3.05, 3.63) is 24.9 Å². The van der Waals surface area contributed by atoms with Crippen LogP contribution in [0.3, 0.4) is 0 Å². The van der Waals surface area contributed by atoms with Crippen LogP contribution in [-0.2, 0) is 9.53 Å². The third-order valence-electron chi connectivity index (χ3n) is 1.39. The second-order valence-electron chi connectivity index (χ2n) is 2.31. The molecule has 4 nitrogen and oxygen atoms in total. The summed E-state index contributed by atoms with van der Waals surface area (Å²) in [6.45, 7) is 4.62. The van der Waals surface area contributed by atoms with Crippen LogP contribution in [0.2, 0.25) is 0 Å². The summed E-state index contributed by atoms with van der Waals surface area (Å²) < 4.78 is 11.2. The van der Waals surface area contributed by atoms with E-state index in [2.05, 4.69) is 11.3 Å². The molecule has 0 saturated heterocycles. The zero-order valence-corrected chi connectivity index (χ0v) is 6.64. The molecule has 0 bridgehead atoms. The summed E-state index contributed by atoms with van der Waals surface area (Å²) in [5, 5.41) is 9.39. The predicted octanol–water partition coefficient (Wildman–Crippen LogP) is -0.205. The van der Waals surface area contributed by atoms with Crippen LogP contribution in [0.15, 0.2) is 24.9 Å². The number of hydrogen-bond donors (Lipinski definition) is 2. The predicted molar refractivity (Wildman–Crippen MR) is 45.0 cm³/mol. The molecule has 0 amide bonds. The summed E-state index contributed by atoms with van der Waals surface area (Å²) in [5.41, 5.74) is 5.34. The summed E-state index contributed by atoms with van der Waals surface area (Å²) in [6.07, 6.45) is 0.383. The van der Waals surface area contributed by atoms with Crippen LogP contribution in [0, 0.1) is 5.92 Å². The van der Waals surface area contributed by atoms with Gasteiger partial charge >= 0.3 is 0 Å². The summed E-state index contributed by atoms with van der Waals surface area (Å²) in [7, 11) is 0. The summed E-state index contributed by atoms with van der Waals surface area (Å²) >= 11 is 0. The number of carbonyl (C=O) groups excluding carboxylic acids is 1. The van der Waals surface area contributed by atoms with Gasteiger partial charge in [-0.2, -0.15) is 0 Å². The van der Waals surface area contributed by atoms with Gasteiger partial charge in [0.2, 0.25) is 0 Å². The maximum atomic E-state index is 9.88. The lowest BCUT2D eigenvalue weighted by Gasteiger charge is -2.17. The van der Waals surface area contributed by atoms with Gasteiger partial charge in [-0.1, -0.05) is 12.7 Å². The normalized spacial score (nSPS) is 16.6. The van der Waals surface area contributed by atoms with E-state index >= 15 is 0 Å². The van der Waals surface area contributed by atoms with Crippen LogP contribution in [0.1, 0.15) is 1.37 Å². The van der Waals surface area contributed by atoms with E-state index in [-0.39, 0.29) is 18.8 Å². The lowest BCUT2D eigenvalue weighted by atomic mass is 10.0. The van der Waals surface area contributed by atoms with Gasteiger partial charge in [-0.25, -0.2) is 0 Å². The molecular formula is C8H13NO3. The van der Waals surface area contributed by atoms with E-state index in [0.29, 0.717) is 0 Å². The zero-order chi connectivity index (χ0) is 10.3. The molecule has 0 aromatic carbocycles. The molecule has 0 aliphatic carbocycles. The molecule has 0 fully saturated rings. The number of carbonyl (C=O) groups is 1. The monoisotopic (exact) mass is 172 g/mol. The van der Waals surface area contributed by atoms with E-state index in [4.69, 9.17) is 7.10 Å². The standard InChI is InChI=1S/C8H13NO3/c1-3-7(4-12-5-10)8(11)6(2)9/h3,5,7-8,11H,1-2,4,9H2/i1D. The van der Waals surface area contributed by atoms with Gasteiger partial charge < -0.3 is 15.6 Å². The highest BCUT2D eigenvalue weighted by atomic mass is 16.5. The van der Waals surface area contributed by atoms with Crippen molar-refractivity contribution in [1.29, 1.82) is 0 Å². The van der Waals surface area contributed by atoms with E-state index in [1.165, 1.54) is 6.08 Å². The van der Waals surface area contributed by atoms with E-state index in [1.807, 2.05) is 0 Å². The molecule has 0 heterocycles. The Hall–Kier alpha value is -1.29. The first-order valence-corrected chi connectivity index (χ1v) is 3.36. The average molecular weight is 172 g/mol. The van der Waals surface area contributed by atoms with E-state index in [0.717, 1.165) is 6.55 Å². The molecular weight excluding hydrogens is 158 g/mol. The fraction of sp³-hybridized carbons (Fsp3) is 0.375. The Labute approximate surface area is 72.7 Å². The molecule has 0 aromatic heterocycles. The number of aliphatic hydroxyl groups is 1. The Morgan fingerprint density at radius 2 is 2.58 bits per heavy atom. The Bertz CT molecular complexity index is 206. The van der Waals surface area contributed by atoms with Crippen molar-refractivity contribution >= 4 is 6.47 Å². The summed E-state index contributed by atoms with van der Waals surface area (Å²) in [6, 6.07) is 0. The highest BCUT2D eigenvalue weighted by Crippen LogP contribution is 2.09. The van der Waals surface area contributed by atoms with Gasteiger partial charge in [-0.05, 0) is 0 Å². The first kappa shape index (κ1) is 8.80. The fourth-order valence-electron chi connectivity index (χ4n) is 0.677. The van der Waals surface area contributed by atoms with Gasteiger partial charge in [0.1, 0.15) is 12.7 Å². The molecule has 12 heavy (non-hydrogen) atoms. The van der Waals surface area contributed by atoms with Crippen molar-refractivity contribution in [3.63, 3.8) is 0 Å². The largest absolute Gasteiger partial charge is 0.467 e. The number of nitrogens with two attached hydrogens (primary N) is 1. The Kier molecular flexibility index (Phi) is 3.94. The second-order valence-corrected chi connectivity index (χ2v) is 2.31. The highest BCUT2D eigenvalue weighted by molar-refractivity contribution is 5.37. The smallest absolute Gasteiger partial charge is 0.293 e. The minimum Gasteiger partial charge on any atom is -0.467 e. The third kappa shape index (κ3) is 3.21. The minimum atomic E-state index is -0.999. The molecule has 0 saturated carbocycles. The van der Waals surface area contributed by atoms with Gasteiger partial charge in [0, 0.05) is 11.6 Å². The second kappa shape index (κ2) is 5.37. The Morgan fingerprint density at radius 1 is 1.92 bits per heavy atom. The lowest BCUT2D eigenvalue weighted by Crippen LogP contribution is -2.28. The van der Waals surface area contributed by atoms with Crippen LogP contribution >= 0.6 is 0 Å². The van der Waals surface area contributed by atoms with E-state index in [9.17, 15) is 9.90 Å². The topological polar surface area (TPSA) is 72.5 Å². The average Bonchev–Trinajstić information content (AvgIpc) is 2.11. The van der Waals surface area contributed by atoms with Crippen LogP contribution in [0.4, 0.5) is 0 Å². The van der Waals surface area contributed by atoms with E-state index in [1.54, 1.807) is 0 Å². The lowest BCUT2D eigenvalue weighted by molar-refractivity contribution is -0.130. The molecule has 0 aliphatic rings. The fourth-order valence-corrected chi connectivity index (χ4v) is 0.677. The number of ether oxygens (including phenoxy) is 1. The molecule has 0 spiro atoms. The SMILES string of the molecule is [2H]C=CC(COC=O)C(O)C(=C)N. The molecule has 2 atom stereocenters. The van der Waals surface area contributed by atoms with Crippen molar-refractivity contribution in [1.82, 2.24) is 0 Å². The van der Waals surface area contributed by atoms with Crippen molar-refractivity contribution in [3.8, 4) is 0 Å². The molecule has 0 aliphatic heterocycles. The Morgan fingerprint density at radius 3 is 3.00 bits per heavy atom. The van der Waals surface area contributed by atoms with Crippen molar-refractivity contribution in [2.75, 3.05) is 6.61 Å². The molecule has 0 rings (SSSR count). The first-order valence-electron chi connectivity index (χ1n) is 3.93. The van der Waals surface area contributed by atoms with Crippen molar-refractivity contribution < 1.29 is 16.0 Å². The number of aliphatic hydroxyl groups excluding tert-OH is 1. The summed E-state index contributed by atoms with van der Waals surface area (Å²) in [5.74, 6) is -0.514. The highest BCUT2D eigenvalue weighted by Gasteiger charge is 2.17. The van der Waals surface area contributed by atoms with Gasteiger partial charge in [0.25, 0.3) is 6.47 Å². The van der Waals surface area contributed by atoms with Crippen molar-refractivity contribution in [2.45, 2.75) is 6.10 Å². The van der Waals surface area contributed by atoms with Gasteiger partial charge in [-0.3, -0.25) is 4.79 Å². The molecule has 0 aromatic rings. The molecule has 2 unspecified atom stereocenters.